The van der Waals surface area contributed by atoms with Gasteiger partial charge in [0.25, 0.3) is 0 Å². The molecule has 1 fully saturated rings. The van der Waals surface area contributed by atoms with Crippen molar-refractivity contribution in [2.24, 2.45) is 0 Å². The molecule has 0 aromatic heterocycles. The number of hydrogen-bond acceptors (Lipinski definition) is 4. The molecule has 0 saturated carbocycles. The molecule has 0 radical (unpaired) electrons. The lowest BCUT2D eigenvalue weighted by atomic mass is 10.2. The minimum absolute atomic E-state index is 0.0463. The molecule has 1 saturated heterocycles. The Hall–Kier alpha value is -2.77. The average molecular weight is 307 g/mol. The number of anilines is 1. The maximum Gasteiger partial charge on any atom is 0.334 e. The first-order chi connectivity index (χ1) is 10.3. The van der Waals surface area contributed by atoms with Crippen molar-refractivity contribution in [3.8, 4) is 0 Å². The van der Waals surface area contributed by atoms with E-state index < -0.39 is 36.1 Å². The molecule has 0 spiro atoms. The van der Waals surface area contributed by atoms with Crippen LogP contribution < -0.4 is 5.32 Å². The summed E-state index contributed by atoms with van der Waals surface area (Å²) in [6.07, 6.45) is 0. The molecule has 1 aromatic carbocycles. The van der Waals surface area contributed by atoms with Crippen LogP contribution >= 0.6 is 0 Å². The van der Waals surface area contributed by atoms with Crippen molar-refractivity contribution in [3.63, 3.8) is 0 Å². The Morgan fingerprint density at radius 2 is 1.82 bits per heavy atom. The molecule has 7 nitrogen and oxygen atoms in total. The van der Waals surface area contributed by atoms with Gasteiger partial charge in [0.15, 0.2) is 0 Å². The second-order valence-electron chi connectivity index (χ2n) is 4.74. The molecule has 1 aliphatic rings. The summed E-state index contributed by atoms with van der Waals surface area (Å²) in [5.74, 6) is -3.19. The van der Waals surface area contributed by atoms with Crippen LogP contribution in [0.15, 0.2) is 18.2 Å². The lowest BCUT2D eigenvalue weighted by molar-refractivity contribution is -0.143. The van der Waals surface area contributed by atoms with Crippen molar-refractivity contribution in [2.45, 2.75) is 13.8 Å². The molecule has 0 atom stereocenters. The first-order valence-corrected chi connectivity index (χ1v) is 6.58. The highest BCUT2D eigenvalue weighted by molar-refractivity contribution is 6.45. The van der Waals surface area contributed by atoms with E-state index in [9.17, 15) is 23.6 Å². The molecule has 5 amide bonds. The van der Waals surface area contributed by atoms with Crippen LogP contribution in [0, 0.1) is 12.7 Å². The Bertz CT molecular complexity index is 674. The summed E-state index contributed by atoms with van der Waals surface area (Å²) in [6, 6.07) is 3.28. The summed E-state index contributed by atoms with van der Waals surface area (Å²) in [5.41, 5.74) is 0.623. The number of amides is 5. The van der Waals surface area contributed by atoms with E-state index in [2.05, 4.69) is 5.32 Å². The third-order valence-electron chi connectivity index (χ3n) is 3.21. The van der Waals surface area contributed by atoms with Gasteiger partial charge in [-0.1, -0.05) is 6.07 Å². The Morgan fingerprint density at radius 1 is 1.18 bits per heavy atom. The van der Waals surface area contributed by atoms with Crippen LogP contribution in [0.2, 0.25) is 0 Å². The van der Waals surface area contributed by atoms with Crippen LogP contribution in [0.1, 0.15) is 12.5 Å². The van der Waals surface area contributed by atoms with E-state index in [4.69, 9.17) is 0 Å². The Labute approximate surface area is 125 Å². The largest absolute Gasteiger partial charge is 0.334 e. The van der Waals surface area contributed by atoms with Gasteiger partial charge in [-0.2, -0.15) is 0 Å². The van der Waals surface area contributed by atoms with Gasteiger partial charge >= 0.3 is 17.8 Å². The molecule has 1 heterocycles. The zero-order valence-electron chi connectivity index (χ0n) is 12.1. The number of rotatable bonds is 4. The number of carbonyl (C=O) groups excluding carboxylic acids is 4. The quantitative estimate of drug-likeness (QED) is 0.661. The summed E-state index contributed by atoms with van der Waals surface area (Å²) < 4.78 is 13.4. The summed E-state index contributed by atoms with van der Waals surface area (Å²) in [4.78, 5) is 48.1. The fourth-order valence-corrected chi connectivity index (χ4v) is 1.98. The highest BCUT2D eigenvalue weighted by Gasteiger charge is 2.44. The van der Waals surface area contributed by atoms with Gasteiger partial charge in [0.2, 0.25) is 5.91 Å². The summed E-state index contributed by atoms with van der Waals surface area (Å²) >= 11 is 0. The molecule has 0 aliphatic carbocycles. The summed E-state index contributed by atoms with van der Waals surface area (Å²) in [6.45, 7) is 2.56. The molecule has 1 aromatic rings. The number of aryl methyl sites for hydroxylation is 1. The van der Waals surface area contributed by atoms with E-state index in [-0.39, 0.29) is 12.2 Å². The fourth-order valence-electron chi connectivity index (χ4n) is 1.98. The Morgan fingerprint density at radius 3 is 2.36 bits per heavy atom. The van der Waals surface area contributed by atoms with Crippen LogP contribution in [0.25, 0.3) is 0 Å². The monoisotopic (exact) mass is 307 g/mol. The summed E-state index contributed by atoms with van der Waals surface area (Å²) in [7, 11) is 0. The molecule has 1 N–H and O–H groups in total. The molecular formula is C14H14FN3O4. The number of carbonyl (C=O) groups is 4. The van der Waals surface area contributed by atoms with E-state index in [0.717, 1.165) is 11.0 Å². The zero-order valence-corrected chi connectivity index (χ0v) is 12.1. The maximum atomic E-state index is 13.4. The number of nitrogens with one attached hydrogen (secondary N) is 1. The molecule has 116 valence electrons. The number of likely N-dealkylation sites (N-methyl/N-ethyl adjacent to an activating group) is 1. The van der Waals surface area contributed by atoms with Gasteiger partial charge in [-0.05, 0) is 31.5 Å². The van der Waals surface area contributed by atoms with Crippen LogP contribution in [-0.4, -0.2) is 46.6 Å². The SMILES string of the molecule is CCN1C(=O)C(=O)N(CC(=O)Nc2ccc(C)c(F)c2)C1=O. The van der Waals surface area contributed by atoms with Gasteiger partial charge in [-0.15, -0.1) is 0 Å². The summed E-state index contributed by atoms with van der Waals surface area (Å²) in [5, 5.41) is 2.37. The second-order valence-corrected chi connectivity index (χ2v) is 4.74. The predicted octanol–water partition coefficient (Wildman–Crippen LogP) is 0.883. The van der Waals surface area contributed by atoms with Gasteiger partial charge < -0.3 is 5.32 Å². The lowest BCUT2D eigenvalue weighted by Crippen LogP contribution is -2.39. The van der Waals surface area contributed by atoms with Crippen molar-refractivity contribution in [1.82, 2.24) is 9.80 Å². The van der Waals surface area contributed by atoms with Crippen molar-refractivity contribution in [2.75, 3.05) is 18.4 Å². The third-order valence-corrected chi connectivity index (χ3v) is 3.21. The number of urea groups is 1. The van der Waals surface area contributed by atoms with E-state index in [1.54, 1.807) is 13.8 Å². The number of halogens is 1. The molecule has 22 heavy (non-hydrogen) atoms. The van der Waals surface area contributed by atoms with E-state index in [1.807, 2.05) is 0 Å². The van der Waals surface area contributed by atoms with Gasteiger partial charge in [-0.25, -0.2) is 14.1 Å². The van der Waals surface area contributed by atoms with Crippen molar-refractivity contribution in [1.29, 1.82) is 0 Å². The van der Waals surface area contributed by atoms with Crippen LogP contribution in [0.3, 0.4) is 0 Å². The maximum absolute atomic E-state index is 13.4. The normalized spacial score (nSPS) is 14.8. The number of imide groups is 2. The molecular weight excluding hydrogens is 293 g/mol. The molecule has 8 heteroatoms. The third kappa shape index (κ3) is 2.80. The Kier molecular flexibility index (Phi) is 4.20. The van der Waals surface area contributed by atoms with E-state index >= 15 is 0 Å². The molecule has 0 bridgehead atoms. The fraction of sp³-hybridized carbons (Fsp3) is 0.286. The minimum atomic E-state index is -1.04. The zero-order chi connectivity index (χ0) is 16.4. The standard InChI is InChI=1S/C14H14FN3O4/c1-3-17-12(20)13(21)18(14(17)22)7-11(19)16-9-5-4-8(2)10(15)6-9/h4-6H,3,7H2,1-2H3,(H,16,19). The van der Waals surface area contributed by atoms with Gasteiger partial charge in [-0.3, -0.25) is 19.3 Å². The average Bonchev–Trinajstić information content (AvgIpc) is 2.66. The van der Waals surface area contributed by atoms with Gasteiger partial charge in [0.1, 0.15) is 12.4 Å². The van der Waals surface area contributed by atoms with E-state index in [1.165, 1.54) is 12.1 Å². The van der Waals surface area contributed by atoms with Crippen LogP contribution in [0.4, 0.5) is 14.9 Å². The Balaban J connectivity index is 2.06. The highest BCUT2D eigenvalue weighted by Crippen LogP contribution is 2.15. The highest BCUT2D eigenvalue weighted by atomic mass is 19.1. The molecule has 0 unspecified atom stereocenters. The lowest BCUT2D eigenvalue weighted by Gasteiger charge is -2.14. The van der Waals surface area contributed by atoms with Gasteiger partial charge in [0.05, 0.1) is 0 Å². The molecule has 1 aliphatic heterocycles. The number of hydrogen-bond donors (Lipinski definition) is 1. The van der Waals surface area contributed by atoms with Crippen molar-refractivity contribution < 1.29 is 23.6 Å². The van der Waals surface area contributed by atoms with Crippen molar-refractivity contribution >= 4 is 29.4 Å². The second kappa shape index (κ2) is 5.92. The predicted molar refractivity (Wildman–Crippen MR) is 74.3 cm³/mol. The topological polar surface area (TPSA) is 86.8 Å². The van der Waals surface area contributed by atoms with E-state index in [0.29, 0.717) is 10.5 Å². The molecule has 2 rings (SSSR count). The minimum Gasteiger partial charge on any atom is -0.324 e. The first kappa shape index (κ1) is 15.6. The smallest absolute Gasteiger partial charge is 0.324 e. The number of nitrogens with zero attached hydrogens (tertiary/aromatic N) is 2. The van der Waals surface area contributed by atoms with Gasteiger partial charge in [0, 0.05) is 12.2 Å². The van der Waals surface area contributed by atoms with Crippen LogP contribution in [-0.2, 0) is 14.4 Å². The van der Waals surface area contributed by atoms with Crippen LogP contribution in [0.5, 0.6) is 0 Å². The first-order valence-electron chi connectivity index (χ1n) is 6.58. The number of benzene rings is 1. The van der Waals surface area contributed by atoms with Crippen molar-refractivity contribution in [3.05, 3.63) is 29.6 Å².